The molecule has 0 aromatic heterocycles. The van der Waals surface area contributed by atoms with Gasteiger partial charge in [0.05, 0.1) is 6.10 Å². The molecule has 0 radical (unpaired) electrons. The molecule has 0 bridgehead atoms. The van der Waals surface area contributed by atoms with E-state index in [9.17, 15) is 14.7 Å². The first kappa shape index (κ1) is 13.6. The monoisotopic (exact) mass is 238 g/mol. The van der Waals surface area contributed by atoms with Crippen molar-refractivity contribution >= 4 is 11.8 Å². The Bertz CT molecular complexity index is 354. The lowest BCUT2D eigenvalue weighted by Crippen LogP contribution is -2.01. The van der Waals surface area contributed by atoms with E-state index in [4.69, 9.17) is 5.11 Å². The third kappa shape index (κ3) is 4.95. The number of carbonyl (C=O) groups is 2. The highest BCUT2D eigenvalue weighted by Gasteiger charge is 2.19. The molecule has 1 aliphatic rings. The fraction of sp³-hybridized carbons (Fsp3) is 0.538. The van der Waals surface area contributed by atoms with Crippen LogP contribution in [0.25, 0.3) is 0 Å². The molecule has 0 fully saturated rings. The Kier molecular flexibility index (Phi) is 5.10. The number of aliphatic carboxylic acids is 1. The summed E-state index contributed by atoms with van der Waals surface area (Å²) < 4.78 is 0. The Balaban J connectivity index is 2.32. The van der Waals surface area contributed by atoms with Gasteiger partial charge in [-0.3, -0.25) is 9.59 Å². The molecule has 2 atom stereocenters. The third-order valence-electron chi connectivity index (χ3n) is 2.78. The number of ketones is 1. The summed E-state index contributed by atoms with van der Waals surface area (Å²) in [4.78, 5) is 21.7. The summed E-state index contributed by atoms with van der Waals surface area (Å²) in [6.45, 7) is 1.98. The number of hydrogen-bond donors (Lipinski definition) is 2. The van der Waals surface area contributed by atoms with Crippen LogP contribution in [0.3, 0.4) is 0 Å². The minimum atomic E-state index is -0.780. The first-order valence-electron chi connectivity index (χ1n) is 5.80. The van der Waals surface area contributed by atoms with Crippen molar-refractivity contribution in [1.29, 1.82) is 0 Å². The average molecular weight is 238 g/mol. The summed E-state index contributed by atoms with van der Waals surface area (Å²) in [5, 5.41) is 17.8. The molecule has 0 heterocycles. The van der Waals surface area contributed by atoms with E-state index in [2.05, 4.69) is 0 Å². The van der Waals surface area contributed by atoms with Gasteiger partial charge in [-0.25, -0.2) is 0 Å². The molecule has 0 aromatic rings. The maximum Gasteiger partial charge on any atom is 0.303 e. The Morgan fingerprint density at radius 2 is 2.35 bits per heavy atom. The number of hydrogen-bond acceptors (Lipinski definition) is 3. The molecule has 1 aliphatic carbocycles. The van der Waals surface area contributed by atoms with Crippen molar-refractivity contribution in [1.82, 2.24) is 0 Å². The highest BCUT2D eigenvalue weighted by atomic mass is 16.4. The van der Waals surface area contributed by atoms with E-state index >= 15 is 0 Å². The van der Waals surface area contributed by atoms with Crippen molar-refractivity contribution in [3.63, 3.8) is 0 Å². The molecular weight excluding hydrogens is 220 g/mol. The quantitative estimate of drug-likeness (QED) is 0.738. The van der Waals surface area contributed by atoms with E-state index in [-0.39, 0.29) is 24.5 Å². The fourth-order valence-electron chi connectivity index (χ4n) is 1.73. The van der Waals surface area contributed by atoms with Gasteiger partial charge in [-0.1, -0.05) is 19.1 Å². The maximum absolute atomic E-state index is 11.3. The molecule has 94 valence electrons. The topological polar surface area (TPSA) is 74.6 Å². The lowest BCUT2D eigenvalue weighted by Gasteiger charge is -2.05. The molecule has 1 unspecified atom stereocenters. The van der Waals surface area contributed by atoms with Crippen molar-refractivity contribution in [3.05, 3.63) is 23.8 Å². The van der Waals surface area contributed by atoms with Crippen LogP contribution >= 0.6 is 0 Å². The first-order chi connectivity index (χ1) is 7.99. The second-order valence-electron chi connectivity index (χ2n) is 4.49. The highest BCUT2D eigenvalue weighted by molar-refractivity contribution is 6.00. The van der Waals surface area contributed by atoms with Gasteiger partial charge >= 0.3 is 5.97 Å². The fourth-order valence-corrected chi connectivity index (χ4v) is 1.73. The van der Waals surface area contributed by atoms with Crippen molar-refractivity contribution in [2.45, 2.75) is 38.7 Å². The van der Waals surface area contributed by atoms with Crippen LogP contribution in [0.2, 0.25) is 0 Å². The summed E-state index contributed by atoms with van der Waals surface area (Å²) in [5.74, 6) is -0.533. The van der Waals surface area contributed by atoms with Gasteiger partial charge in [-0.05, 0) is 24.8 Å². The number of carboxylic acid groups (broad SMARTS) is 1. The average Bonchev–Trinajstić information content (AvgIpc) is 2.55. The van der Waals surface area contributed by atoms with E-state index in [1.807, 2.05) is 13.0 Å². The van der Waals surface area contributed by atoms with Gasteiger partial charge in [-0.2, -0.15) is 0 Å². The molecule has 1 rings (SSSR count). The van der Waals surface area contributed by atoms with Gasteiger partial charge in [0.25, 0.3) is 0 Å². The van der Waals surface area contributed by atoms with E-state index < -0.39 is 12.1 Å². The zero-order valence-corrected chi connectivity index (χ0v) is 9.93. The lowest BCUT2D eigenvalue weighted by atomic mass is 10.0. The van der Waals surface area contributed by atoms with Gasteiger partial charge in [-0.15, -0.1) is 0 Å². The molecule has 0 spiro atoms. The molecule has 0 saturated carbocycles. The zero-order chi connectivity index (χ0) is 12.8. The van der Waals surface area contributed by atoms with Gasteiger partial charge < -0.3 is 10.2 Å². The largest absolute Gasteiger partial charge is 0.481 e. The number of rotatable bonds is 6. The highest BCUT2D eigenvalue weighted by Crippen LogP contribution is 2.17. The van der Waals surface area contributed by atoms with Crippen LogP contribution in [0.5, 0.6) is 0 Å². The Hall–Kier alpha value is -1.42. The molecule has 4 heteroatoms. The van der Waals surface area contributed by atoms with Crippen LogP contribution in [0.1, 0.15) is 32.6 Å². The van der Waals surface area contributed by atoms with Crippen molar-refractivity contribution in [3.8, 4) is 0 Å². The molecule has 0 saturated heterocycles. The smallest absolute Gasteiger partial charge is 0.303 e. The second-order valence-corrected chi connectivity index (χ2v) is 4.49. The SMILES string of the molecule is C[C@@H](C/C=C\C1=CC(O)CC1=O)CCC(=O)O. The molecule has 4 nitrogen and oxygen atoms in total. The number of allylic oxidation sites excluding steroid dienone is 3. The van der Waals surface area contributed by atoms with Gasteiger partial charge in [0.15, 0.2) is 5.78 Å². The van der Waals surface area contributed by atoms with Crippen LogP contribution in [-0.2, 0) is 9.59 Å². The summed E-state index contributed by atoms with van der Waals surface area (Å²) in [7, 11) is 0. The predicted molar refractivity (Wildman–Crippen MR) is 63.5 cm³/mol. The van der Waals surface area contributed by atoms with E-state index in [0.717, 1.165) is 6.42 Å². The summed E-state index contributed by atoms with van der Waals surface area (Å²) in [6.07, 6.45) is 6.23. The molecule has 17 heavy (non-hydrogen) atoms. The van der Waals surface area contributed by atoms with Crippen LogP contribution in [0.15, 0.2) is 23.8 Å². The second kappa shape index (κ2) is 6.35. The molecule has 0 aromatic carbocycles. The summed E-state index contributed by atoms with van der Waals surface area (Å²) >= 11 is 0. The maximum atomic E-state index is 11.3. The summed E-state index contributed by atoms with van der Waals surface area (Å²) in [5.41, 5.74) is 0.558. The number of aliphatic hydroxyl groups is 1. The number of carbonyl (C=O) groups excluding carboxylic acids is 1. The van der Waals surface area contributed by atoms with Crippen molar-refractivity contribution < 1.29 is 19.8 Å². The molecule has 2 N–H and O–H groups in total. The Morgan fingerprint density at radius 1 is 1.65 bits per heavy atom. The van der Waals surface area contributed by atoms with Crippen LogP contribution < -0.4 is 0 Å². The van der Waals surface area contributed by atoms with Gasteiger partial charge in [0.1, 0.15) is 0 Å². The predicted octanol–water partition coefficient (Wildman–Crippen LogP) is 1.69. The number of aliphatic hydroxyl groups excluding tert-OH is 1. The van der Waals surface area contributed by atoms with Gasteiger partial charge in [0, 0.05) is 18.4 Å². The molecule has 0 amide bonds. The van der Waals surface area contributed by atoms with Crippen molar-refractivity contribution in [2.75, 3.05) is 0 Å². The number of carboxylic acids is 1. The minimum absolute atomic E-state index is 0.0352. The van der Waals surface area contributed by atoms with E-state index in [1.165, 1.54) is 0 Å². The minimum Gasteiger partial charge on any atom is -0.481 e. The van der Waals surface area contributed by atoms with E-state index in [1.54, 1.807) is 12.2 Å². The molecule has 0 aliphatic heterocycles. The summed E-state index contributed by atoms with van der Waals surface area (Å²) in [6, 6.07) is 0. The number of Topliss-reactive ketones (excluding diaryl/α,β-unsaturated/α-hetero) is 1. The van der Waals surface area contributed by atoms with Crippen LogP contribution in [-0.4, -0.2) is 28.1 Å². The van der Waals surface area contributed by atoms with E-state index in [0.29, 0.717) is 12.0 Å². The Labute approximate surface area is 101 Å². The van der Waals surface area contributed by atoms with Crippen LogP contribution in [0.4, 0.5) is 0 Å². The van der Waals surface area contributed by atoms with Crippen molar-refractivity contribution in [2.24, 2.45) is 5.92 Å². The zero-order valence-electron chi connectivity index (χ0n) is 9.93. The third-order valence-corrected chi connectivity index (χ3v) is 2.78. The standard InChI is InChI=1S/C13H18O4/c1-9(5-6-13(16)17)3-2-4-10-7-11(14)8-12(10)15/h2,4,7,9,11,14H,3,5-6,8H2,1H3,(H,16,17)/b4-2-/t9-,11?/m0/s1. The first-order valence-corrected chi connectivity index (χ1v) is 5.80. The normalized spacial score (nSPS) is 21.9. The molecular formula is C13H18O4. The van der Waals surface area contributed by atoms with Crippen LogP contribution in [0, 0.1) is 5.92 Å². The Morgan fingerprint density at radius 3 is 2.88 bits per heavy atom. The lowest BCUT2D eigenvalue weighted by molar-refractivity contribution is -0.137. The van der Waals surface area contributed by atoms with Gasteiger partial charge in [0.2, 0.25) is 0 Å².